The fourth-order valence-corrected chi connectivity index (χ4v) is 8.31. The van der Waals surface area contributed by atoms with E-state index in [0.717, 1.165) is 35.4 Å². The molecule has 0 aliphatic carbocycles. The average Bonchev–Trinajstić information content (AvgIpc) is 3.64. The van der Waals surface area contributed by atoms with Crippen molar-refractivity contribution in [3.05, 3.63) is 24.3 Å². The summed E-state index contributed by atoms with van der Waals surface area (Å²) in [7, 11) is -16.4. The smallest absolute Gasteiger partial charge is 0.386 e. The molecule has 1 fully saturated rings. The lowest BCUT2D eigenvalue weighted by Gasteiger charge is -2.30. The standard InChI is InChI=1S/C27H44N7O17P3S/c1-5-6-15(2)26(39)55-10-9-29-17(35)7-8-30-24(38)21(37)27(3,4)12-48-54(45,46)51-53(43,44)47-11-16-20(50-52(40,41)42)19(36)25(49-16)34-14-33-18-22(28)31-13-32-23(18)34/h6,13-14,16,19-21,25,36-37H,5,7-12H2,1-4H3,(H,29,35)(H,30,38)(H,43,44)(H,45,46)(H2,28,31,32)(H2,40,41,42)/b15-6+/t16-,19-,20-,21+,25-/m1/s1. The number of carbonyl (C=O) groups is 3. The van der Waals surface area contributed by atoms with Crippen LogP contribution in [0.1, 0.15) is 46.8 Å². The number of nitrogen functional groups attached to an aromatic ring is 1. The first-order chi connectivity index (χ1) is 25.5. The van der Waals surface area contributed by atoms with Crippen LogP contribution in [0.2, 0.25) is 0 Å². The molecule has 7 atom stereocenters. The number of anilines is 1. The number of rotatable bonds is 21. The van der Waals surface area contributed by atoms with Crippen LogP contribution in [0.4, 0.5) is 5.82 Å². The van der Waals surface area contributed by atoms with Crippen molar-refractivity contribution in [1.29, 1.82) is 0 Å². The summed E-state index contributed by atoms with van der Waals surface area (Å²) in [6.45, 7) is 4.09. The molecule has 55 heavy (non-hydrogen) atoms. The first kappa shape index (κ1) is 46.7. The number of phosphoric ester groups is 3. The summed E-state index contributed by atoms with van der Waals surface area (Å²) in [6, 6.07) is 0. The van der Waals surface area contributed by atoms with E-state index < -0.39 is 84.6 Å². The molecular weight excluding hydrogens is 819 g/mol. The largest absolute Gasteiger partial charge is 0.481 e. The highest BCUT2D eigenvalue weighted by molar-refractivity contribution is 8.14. The zero-order chi connectivity index (χ0) is 41.4. The first-order valence-electron chi connectivity index (χ1n) is 16.2. The number of hydrogen-bond acceptors (Lipinski definition) is 18. The average molecular weight is 864 g/mol. The normalized spacial score (nSPS) is 22.2. The van der Waals surface area contributed by atoms with Gasteiger partial charge in [0.15, 0.2) is 17.7 Å². The van der Waals surface area contributed by atoms with Crippen molar-refractivity contribution in [3.8, 4) is 0 Å². The molecule has 24 nitrogen and oxygen atoms in total. The van der Waals surface area contributed by atoms with Gasteiger partial charge < -0.3 is 50.9 Å². The van der Waals surface area contributed by atoms with Gasteiger partial charge in [0.05, 0.1) is 19.5 Å². The third-order valence-corrected chi connectivity index (χ3v) is 11.7. The van der Waals surface area contributed by atoms with Gasteiger partial charge in [0.2, 0.25) is 16.9 Å². The second-order valence-electron chi connectivity index (χ2n) is 12.5. The van der Waals surface area contributed by atoms with Crippen molar-refractivity contribution >= 4 is 69.1 Å². The molecule has 1 saturated heterocycles. The molecule has 2 aromatic rings. The third kappa shape index (κ3) is 14.0. The summed E-state index contributed by atoms with van der Waals surface area (Å²) in [5.74, 6) is -1.12. The highest BCUT2D eigenvalue weighted by Crippen LogP contribution is 2.61. The molecule has 3 heterocycles. The Morgan fingerprint density at radius 1 is 1.09 bits per heavy atom. The highest BCUT2D eigenvalue weighted by atomic mass is 32.2. The van der Waals surface area contributed by atoms with Gasteiger partial charge in [-0.15, -0.1) is 0 Å². The lowest BCUT2D eigenvalue weighted by Crippen LogP contribution is -2.46. The molecule has 310 valence electrons. The van der Waals surface area contributed by atoms with Crippen LogP contribution >= 0.6 is 35.2 Å². The molecule has 0 spiro atoms. The Kier molecular flexibility index (Phi) is 16.7. The Morgan fingerprint density at radius 3 is 2.42 bits per heavy atom. The molecule has 1 aliphatic heterocycles. The number of nitrogens with zero attached hydrogens (tertiary/aromatic N) is 4. The monoisotopic (exact) mass is 863 g/mol. The quantitative estimate of drug-likeness (QED) is 0.0454. The number of nitrogens with one attached hydrogen (secondary N) is 2. The molecule has 0 radical (unpaired) electrons. The predicted octanol–water partition coefficient (Wildman–Crippen LogP) is 0.0210. The summed E-state index contributed by atoms with van der Waals surface area (Å²) >= 11 is 1.05. The summed E-state index contributed by atoms with van der Waals surface area (Å²) < 4.78 is 62.0. The van der Waals surface area contributed by atoms with Crippen molar-refractivity contribution in [2.75, 3.05) is 37.8 Å². The molecule has 1 aliphatic rings. The van der Waals surface area contributed by atoms with E-state index in [0.29, 0.717) is 11.3 Å². The number of nitrogens with two attached hydrogens (primary N) is 1. The van der Waals surface area contributed by atoms with E-state index in [9.17, 15) is 57.9 Å². The third-order valence-electron chi connectivity index (χ3n) is 7.57. The Hall–Kier alpha value is -2.70. The van der Waals surface area contributed by atoms with Gasteiger partial charge in [-0.25, -0.2) is 28.6 Å². The van der Waals surface area contributed by atoms with Gasteiger partial charge in [-0.3, -0.25) is 32.5 Å². The molecule has 2 unspecified atom stereocenters. The maximum absolute atomic E-state index is 12.7. The molecule has 10 N–H and O–H groups in total. The Balaban J connectivity index is 1.50. The number of allylic oxidation sites excluding steroid dienone is 1. The van der Waals surface area contributed by atoms with E-state index in [1.807, 2.05) is 6.92 Å². The number of amides is 2. The fourth-order valence-electron chi connectivity index (χ4n) is 4.78. The van der Waals surface area contributed by atoms with Crippen LogP contribution in [0.25, 0.3) is 11.2 Å². The van der Waals surface area contributed by atoms with Crippen LogP contribution in [0.5, 0.6) is 0 Å². The summed E-state index contributed by atoms with van der Waals surface area (Å²) in [4.78, 5) is 87.4. The minimum atomic E-state index is -5.57. The molecular formula is C27H44N7O17P3S. The number of hydrogen-bond donors (Lipinski definition) is 9. The number of aliphatic hydroxyl groups excluding tert-OH is 2. The topological polar surface area (TPSA) is 364 Å². The fraction of sp³-hybridized carbons (Fsp3) is 0.630. The maximum Gasteiger partial charge on any atom is 0.481 e. The van der Waals surface area contributed by atoms with Gasteiger partial charge in [0.1, 0.15) is 36.3 Å². The number of imidazole rings is 1. The first-order valence-corrected chi connectivity index (χ1v) is 21.7. The van der Waals surface area contributed by atoms with E-state index >= 15 is 0 Å². The van der Waals surface area contributed by atoms with E-state index in [4.69, 9.17) is 19.5 Å². The van der Waals surface area contributed by atoms with E-state index in [1.54, 1.807) is 13.0 Å². The minimum absolute atomic E-state index is 0.0303. The van der Waals surface area contributed by atoms with Crippen molar-refractivity contribution in [2.24, 2.45) is 5.41 Å². The minimum Gasteiger partial charge on any atom is -0.386 e. The Morgan fingerprint density at radius 2 is 1.76 bits per heavy atom. The maximum atomic E-state index is 12.7. The molecule has 0 saturated carbocycles. The number of ether oxygens (including phenoxy) is 1. The summed E-state index contributed by atoms with van der Waals surface area (Å²) in [5, 5.41) is 26.2. The summed E-state index contributed by atoms with van der Waals surface area (Å²) in [6.07, 6.45) is -4.40. The van der Waals surface area contributed by atoms with Crippen molar-refractivity contribution < 1.29 is 80.5 Å². The number of phosphoric acid groups is 3. The molecule has 28 heteroatoms. The lowest BCUT2D eigenvalue weighted by molar-refractivity contribution is -0.137. The van der Waals surface area contributed by atoms with Crippen LogP contribution in [0, 0.1) is 5.41 Å². The van der Waals surface area contributed by atoms with Gasteiger partial charge in [-0.2, -0.15) is 4.31 Å². The zero-order valence-electron chi connectivity index (χ0n) is 29.9. The van der Waals surface area contributed by atoms with Crippen LogP contribution < -0.4 is 16.4 Å². The number of thioether (sulfide) groups is 1. The van der Waals surface area contributed by atoms with Gasteiger partial charge in [0.25, 0.3) is 0 Å². The second kappa shape index (κ2) is 19.6. The second-order valence-corrected chi connectivity index (χ2v) is 17.8. The Bertz CT molecular complexity index is 1860. The molecule has 0 bridgehead atoms. The number of aliphatic hydroxyl groups is 2. The SMILES string of the molecule is CC/C=C(\C)C(=O)SCCNC(=O)CCNC(=O)[C@H](O)C(C)(C)COP(=O)(O)OP(=O)(O)OC[C@H]1O[C@@H](n2cnc3c(N)ncnc32)[C@H](O)[C@@H]1OP(=O)(O)O. The number of aromatic nitrogens is 4. The number of carbonyl (C=O) groups excluding carboxylic acids is 3. The van der Waals surface area contributed by atoms with E-state index in [1.165, 1.54) is 13.8 Å². The molecule has 2 amide bonds. The van der Waals surface area contributed by atoms with Crippen LogP contribution in [-0.2, 0) is 50.7 Å². The highest BCUT2D eigenvalue weighted by Gasteiger charge is 2.50. The number of fused-ring (bicyclic) bond motifs is 1. The molecule has 2 aromatic heterocycles. The van der Waals surface area contributed by atoms with Crippen LogP contribution in [-0.4, -0.2) is 123 Å². The van der Waals surface area contributed by atoms with Gasteiger partial charge in [0, 0.05) is 30.7 Å². The summed E-state index contributed by atoms with van der Waals surface area (Å²) in [5.41, 5.74) is 4.88. The predicted molar refractivity (Wildman–Crippen MR) is 191 cm³/mol. The van der Waals surface area contributed by atoms with Crippen molar-refractivity contribution in [1.82, 2.24) is 30.2 Å². The van der Waals surface area contributed by atoms with Crippen molar-refractivity contribution in [3.63, 3.8) is 0 Å². The van der Waals surface area contributed by atoms with Crippen LogP contribution in [0.3, 0.4) is 0 Å². The van der Waals surface area contributed by atoms with E-state index in [2.05, 4.69) is 34.4 Å². The molecule has 3 rings (SSSR count). The lowest BCUT2D eigenvalue weighted by atomic mass is 9.87. The zero-order valence-corrected chi connectivity index (χ0v) is 33.4. The van der Waals surface area contributed by atoms with E-state index in [-0.39, 0.29) is 41.6 Å². The van der Waals surface area contributed by atoms with Gasteiger partial charge in [-0.1, -0.05) is 38.6 Å². The van der Waals surface area contributed by atoms with Crippen LogP contribution in [0.15, 0.2) is 24.3 Å². The van der Waals surface area contributed by atoms with Gasteiger partial charge >= 0.3 is 23.5 Å². The van der Waals surface area contributed by atoms with Gasteiger partial charge in [-0.05, 0) is 18.9 Å². The Labute approximate surface area is 318 Å². The molecule has 0 aromatic carbocycles. The van der Waals surface area contributed by atoms with Crippen molar-refractivity contribution in [2.45, 2.75) is 71.2 Å².